The second-order valence-corrected chi connectivity index (χ2v) is 7.20. The number of nitrogens with one attached hydrogen (secondary N) is 1. The fourth-order valence-electron chi connectivity index (χ4n) is 2.10. The maximum Gasteiger partial charge on any atom is 0.148 e. The van der Waals surface area contributed by atoms with Crippen molar-refractivity contribution >= 4 is 17.6 Å². The Kier molecular flexibility index (Phi) is 7.36. The number of aromatic nitrogens is 2. The lowest BCUT2D eigenvalue weighted by Crippen LogP contribution is -2.06. The molecule has 1 aromatic carbocycles. The summed E-state index contributed by atoms with van der Waals surface area (Å²) in [5.41, 5.74) is 2.44. The second-order valence-electron chi connectivity index (χ2n) is 5.60. The first-order chi connectivity index (χ1) is 11.2. The van der Waals surface area contributed by atoms with Crippen LogP contribution in [-0.2, 0) is 17.9 Å². The average Bonchev–Trinajstić information content (AvgIpc) is 2.55. The highest BCUT2D eigenvalue weighted by molar-refractivity contribution is 7.99. The number of ether oxygens (including phenoxy) is 1. The molecule has 2 rings (SSSR count). The van der Waals surface area contributed by atoms with Crippen LogP contribution in [0, 0.1) is 0 Å². The summed E-state index contributed by atoms with van der Waals surface area (Å²) < 4.78 is 5.66. The van der Waals surface area contributed by atoms with Crippen LogP contribution >= 0.6 is 11.8 Å². The zero-order valence-corrected chi connectivity index (χ0v) is 14.9. The molecule has 0 spiro atoms. The van der Waals surface area contributed by atoms with E-state index in [0.717, 1.165) is 30.4 Å². The van der Waals surface area contributed by atoms with Gasteiger partial charge in [-0.3, -0.25) is 0 Å². The van der Waals surface area contributed by atoms with E-state index in [0.29, 0.717) is 11.9 Å². The van der Waals surface area contributed by atoms with Crippen LogP contribution < -0.4 is 5.32 Å². The highest BCUT2D eigenvalue weighted by Crippen LogP contribution is 2.20. The average molecular weight is 331 g/mol. The Morgan fingerprint density at radius 2 is 1.87 bits per heavy atom. The van der Waals surface area contributed by atoms with Gasteiger partial charge in [0.25, 0.3) is 0 Å². The van der Waals surface area contributed by atoms with E-state index in [1.807, 2.05) is 24.3 Å². The predicted octanol–water partition coefficient (Wildman–Crippen LogP) is 4.52. The Balaban J connectivity index is 1.92. The van der Waals surface area contributed by atoms with Crippen LogP contribution in [0.3, 0.4) is 0 Å². The van der Waals surface area contributed by atoms with Crippen LogP contribution in [0.2, 0.25) is 0 Å². The van der Waals surface area contributed by atoms with Crippen molar-refractivity contribution in [2.45, 2.75) is 50.6 Å². The lowest BCUT2D eigenvalue weighted by molar-refractivity contribution is 0.121. The standard InChI is InChI=1S/C18H25N3OS/c1-4-11-22-13-16-8-6-5-7-15(16)12-19-17-9-10-18(21-20-17)23-14(2)3/h5-10,14H,4,11-13H2,1-3H3,(H,19,20). The number of thioether (sulfide) groups is 1. The molecule has 0 aliphatic rings. The molecule has 0 unspecified atom stereocenters. The Labute approximate surface area is 143 Å². The van der Waals surface area contributed by atoms with Gasteiger partial charge in [0.15, 0.2) is 0 Å². The number of benzene rings is 1. The number of anilines is 1. The third kappa shape index (κ3) is 6.20. The molecule has 23 heavy (non-hydrogen) atoms. The van der Waals surface area contributed by atoms with Crippen LogP contribution in [0.1, 0.15) is 38.3 Å². The summed E-state index contributed by atoms with van der Waals surface area (Å²) in [6.07, 6.45) is 1.04. The van der Waals surface area contributed by atoms with Crippen molar-refractivity contribution < 1.29 is 4.74 Å². The Hall–Kier alpha value is -1.59. The minimum atomic E-state index is 0.512. The lowest BCUT2D eigenvalue weighted by atomic mass is 10.1. The molecule has 5 heteroatoms. The molecule has 1 N–H and O–H groups in total. The van der Waals surface area contributed by atoms with Crippen LogP contribution in [0.4, 0.5) is 5.82 Å². The molecule has 124 valence electrons. The Bertz CT molecular complexity index is 587. The minimum absolute atomic E-state index is 0.512. The van der Waals surface area contributed by atoms with Crippen LogP contribution in [0.15, 0.2) is 41.4 Å². The molecule has 0 bridgehead atoms. The van der Waals surface area contributed by atoms with Gasteiger partial charge in [-0.2, -0.15) is 0 Å². The first-order valence-corrected chi connectivity index (χ1v) is 8.95. The van der Waals surface area contributed by atoms with Gasteiger partial charge < -0.3 is 10.1 Å². The zero-order chi connectivity index (χ0) is 16.5. The summed E-state index contributed by atoms with van der Waals surface area (Å²) in [4.78, 5) is 0. The van der Waals surface area contributed by atoms with Crippen molar-refractivity contribution in [1.29, 1.82) is 0 Å². The van der Waals surface area contributed by atoms with Crippen LogP contribution in [-0.4, -0.2) is 22.1 Å². The largest absolute Gasteiger partial charge is 0.377 e. The van der Waals surface area contributed by atoms with Gasteiger partial charge >= 0.3 is 0 Å². The molecule has 0 aliphatic carbocycles. The molecule has 1 aromatic heterocycles. The molecule has 1 heterocycles. The molecule has 4 nitrogen and oxygen atoms in total. The quantitative estimate of drug-likeness (QED) is 0.541. The predicted molar refractivity (Wildman–Crippen MR) is 96.7 cm³/mol. The summed E-state index contributed by atoms with van der Waals surface area (Å²) in [7, 11) is 0. The zero-order valence-electron chi connectivity index (χ0n) is 14.1. The molecule has 0 radical (unpaired) electrons. The van der Waals surface area contributed by atoms with E-state index in [1.54, 1.807) is 11.8 Å². The van der Waals surface area contributed by atoms with Crippen molar-refractivity contribution in [3.8, 4) is 0 Å². The normalized spacial score (nSPS) is 11.0. The van der Waals surface area contributed by atoms with Gasteiger partial charge in [-0.25, -0.2) is 0 Å². The topological polar surface area (TPSA) is 47.0 Å². The molecule has 2 aromatic rings. The van der Waals surface area contributed by atoms with E-state index in [2.05, 4.69) is 48.4 Å². The van der Waals surface area contributed by atoms with Gasteiger partial charge in [-0.15, -0.1) is 22.0 Å². The van der Waals surface area contributed by atoms with Crippen molar-refractivity contribution in [3.63, 3.8) is 0 Å². The third-order valence-electron chi connectivity index (χ3n) is 3.18. The number of rotatable bonds is 9. The van der Waals surface area contributed by atoms with Crippen molar-refractivity contribution in [2.75, 3.05) is 11.9 Å². The van der Waals surface area contributed by atoms with Gasteiger partial charge in [0, 0.05) is 18.4 Å². The summed E-state index contributed by atoms with van der Waals surface area (Å²) in [5.74, 6) is 0.794. The van der Waals surface area contributed by atoms with Gasteiger partial charge in [-0.05, 0) is 29.7 Å². The highest BCUT2D eigenvalue weighted by atomic mass is 32.2. The number of hydrogen-bond donors (Lipinski definition) is 1. The summed E-state index contributed by atoms with van der Waals surface area (Å²) >= 11 is 1.72. The van der Waals surface area contributed by atoms with Gasteiger partial charge in [0.1, 0.15) is 10.8 Å². The van der Waals surface area contributed by atoms with E-state index >= 15 is 0 Å². The highest BCUT2D eigenvalue weighted by Gasteiger charge is 2.04. The Morgan fingerprint density at radius 1 is 1.09 bits per heavy atom. The molecular weight excluding hydrogens is 306 g/mol. The van der Waals surface area contributed by atoms with Crippen molar-refractivity contribution in [1.82, 2.24) is 10.2 Å². The SMILES string of the molecule is CCCOCc1ccccc1CNc1ccc(SC(C)C)nn1. The molecule has 0 saturated carbocycles. The van der Waals surface area contributed by atoms with Crippen LogP contribution in [0.5, 0.6) is 0 Å². The van der Waals surface area contributed by atoms with Crippen LogP contribution in [0.25, 0.3) is 0 Å². The maximum atomic E-state index is 5.66. The maximum absolute atomic E-state index is 5.66. The molecule has 0 amide bonds. The monoisotopic (exact) mass is 331 g/mol. The molecule has 0 aliphatic heterocycles. The fourth-order valence-corrected chi connectivity index (χ4v) is 2.82. The van der Waals surface area contributed by atoms with E-state index < -0.39 is 0 Å². The summed E-state index contributed by atoms with van der Waals surface area (Å²) in [6.45, 7) is 8.58. The van der Waals surface area contributed by atoms with Gasteiger partial charge in [0.2, 0.25) is 0 Å². The molecule has 0 saturated heterocycles. The number of nitrogens with zero attached hydrogens (tertiary/aromatic N) is 2. The van der Waals surface area contributed by atoms with Crippen molar-refractivity contribution in [3.05, 3.63) is 47.5 Å². The smallest absolute Gasteiger partial charge is 0.148 e. The minimum Gasteiger partial charge on any atom is -0.377 e. The second kappa shape index (κ2) is 9.53. The lowest BCUT2D eigenvalue weighted by Gasteiger charge is -2.11. The summed E-state index contributed by atoms with van der Waals surface area (Å²) in [5, 5.41) is 13.3. The van der Waals surface area contributed by atoms with E-state index in [1.165, 1.54) is 11.1 Å². The molecular formula is C18H25N3OS. The van der Waals surface area contributed by atoms with E-state index in [4.69, 9.17) is 4.74 Å². The van der Waals surface area contributed by atoms with Crippen molar-refractivity contribution in [2.24, 2.45) is 0 Å². The first kappa shape index (κ1) is 17.8. The summed E-state index contributed by atoms with van der Waals surface area (Å²) in [6, 6.07) is 12.3. The number of hydrogen-bond acceptors (Lipinski definition) is 5. The molecule has 0 fully saturated rings. The van der Waals surface area contributed by atoms with Gasteiger partial charge in [0.05, 0.1) is 6.61 Å². The van der Waals surface area contributed by atoms with Gasteiger partial charge in [-0.1, -0.05) is 45.0 Å². The first-order valence-electron chi connectivity index (χ1n) is 8.07. The fraction of sp³-hybridized carbons (Fsp3) is 0.444. The Morgan fingerprint density at radius 3 is 2.52 bits per heavy atom. The van der Waals surface area contributed by atoms with E-state index in [9.17, 15) is 0 Å². The third-order valence-corrected chi connectivity index (χ3v) is 4.11. The van der Waals surface area contributed by atoms with E-state index in [-0.39, 0.29) is 0 Å². The molecule has 0 atom stereocenters.